The summed E-state index contributed by atoms with van der Waals surface area (Å²) < 4.78 is 15.7. The van der Waals surface area contributed by atoms with Gasteiger partial charge in [0, 0.05) is 17.7 Å². The van der Waals surface area contributed by atoms with Gasteiger partial charge in [0.1, 0.15) is 13.2 Å². The fourth-order valence-electron chi connectivity index (χ4n) is 2.23. The Balaban J connectivity index is 1.61. The van der Waals surface area contributed by atoms with Crippen molar-refractivity contribution in [2.75, 3.05) is 19.8 Å². The van der Waals surface area contributed by atoms with Crippen LogP contribution in [0.4, 0.5) is 5.69 Å². The van der Waals surface area contributed by atoms with Gasteiger partial charge in [-0.3, -0.25) is 14.9 Å². The lowest BCUT2D eigenvalue weighted by molar-refractivity contribution is -0.384. The van der Waals surface area contributed by atoms with Crippen LogP contribution in [0.1, 0.15) is 20.7 Å². The first-order valence-electron chi connectivity index (χ1n) is 7.39. The van der Waals surface area contributed by atoms with E-state index in [4.69, 9.17) is 14.2 Å². The van der Waals surface area contributed by atoms with Crippen molar-refractivity contribution in [3.63, 3.8) is 0 Å². The minimum Gasteiger partial charge on any atom is -0.486 e. The summed E-state index contributed by atoms with van der Waals surface area (Å²) in [7, 11) is 0. The molecule has 0 radical (unpaired) electrons. The van der Waals surface area contributed by atoms with Crippen LogP contribution in [0.25, 0.3) is 0 Å². The molecule has 8 heteroatoms. The van der Waals surface area contributed by atoms with Crippen LogP contribution in [0.15, 0.2) is 42.5 Å². The predicted octanol–water partition coefficient (Wildman–Crippen LogP) is 2.41. The topological polar surface area (TPSA) is 105 Å². The molecule has 2 aromatic carbocycles. The van der Waals surface area contributed by atoms with E-state index in [1.165, 1.54) is 30.3 Å². The first-order valence-corrected chi connectivity index (χ1v) is 7.39. The molecule has 0 aliphatic carbocycles. The number of esters is 1. The molecule has 0 atom stereocenters. The van der Waals surface area contributed by atoms with E-state index in [1.807, 2.05) is 0 Å². The van der Waals surface area contributed by atoms with Gasteiger partial charge in [0.05, 0.1) is 10.5 Å². The summed E-state index contributed by atoms with van der Waals surface area (Å²) >= 11 is 0. The Bertz CT molecular complexity index is 829. The number of Topliss-reactive ketones (excluding diaryl/α,β-unsaturated/α-hetero) is 1. The van der Waals surface area contributed by atoms with Crippen molar-refractivity contribution < 1.29 is 28.7 Å². The summed E-state index contributed by atoms with van der Waals surface area (Å²) in [4.78, 5) is 34.1. The molecule has 0 bridgehead atoms. The Hall–Kier alpha value is -3.42. The van der Waals surface area contributed by atoms with Crippen molar-refractivity contribution in [1.29, 1.82) is 0 Å². The average Bonchev–Trinajstić information content (AvgIpc) is 2.65. The first-order chi connectivity index (χ1) is 12.0. The van der Waals surface area contributed by atoms with E-state index in [2.05, 4.69) is 0 Å². The third-order valence-corrected chi connectivity index (χ3v) is 3.51. The molecule has 0 N–H and O–H groups in total. The molecule has 0 fully saturated rings. The number of rotatable bonds is 5. The number of benzene rings is 2. The van der Waals surface area contributed by atoms with Gasteiger partial charge in [-0.25, -0.2) is 4.79 Å². The predicted molar refractivity (Wildman–Crippen MR) is 85.1 cm³/mol. The lowest BCUT2D eigenvalue weighted by Crippen LogP contribution is -2.17. The molecule has 128 valence electrons. The zero-order chi connectivity index (χ0) is 17.8. The number of ether oxygens (including phenoxy) is 3. The van der Waals surface area contributed by atoms with Gasteiger partial charge in [-0.2, -0.15) is 0 Å². The number of hydrogen-bond donors (Lipinski definition) is 0. The SMILES string of the molecule is O=C(COC(=O)c1ccc([N+](=O)[O-])cc1)c1ccc2c(c1)OCCO2. The van der Waals surface area contributed by atoms with Crippen LogP contribution >= 0.6 is 0 Å². The quantitative estimate of drug-likeness (QED) is 0.355. The maximum absolute atomic E-state index is 12.1. The van der Waals surface area contributed by atoms with Gasteiger partial charge in [0.25, 0.3) is 5.69 Å². The zero-order valence-corrected chi connectivity index (χ0v) is 13.0. The molecule has 0 spiro atoms. The number of ketones is 1. The smallest absolute Gasteiger partial charge is 0.338 e. The summed E-state index contributed by atoms with van der Waals surface area (Å²) in [6.45, 7) is 0.405. The number of nitro groups is 1. The second-order valence-electron chi connectivity index (χ2n) is 5.16. The molecule has 0 saturated heterocycles. The molecule has 0 amide bonds. The van der Waals surface area contributed by atoms with Crippen LogP contribution in [0, 0.1) is 10.1 Å². The molecular formula is C17H13NO7. The van der Waals surface area contributed by atoms with Crippen molar-refractivity contribution in [3.05, 3.63) is 63.7 Å². The number of fused-ring (bicyclic) bond motifs is 1. The average molecular weight is 343 g/mol. The summed E-state index contributed by atoms with van der Waals surface area (Å²) in [5.41, 5.74) is 0.324. The molecule has 3 rings (SSSR count). The highest BCUT2D eigenvalue weighted by atomic mass is 16.6. The normalized spacial score (nSPS) is 12.3. The third kappa shape index (κ3) is 3.74. The molecule has 8 nitrogen and oxygen atoms in total. The van der Waals surface area contributed by atoms with Gasteiger partial charge in [-0.1, -0.05) is 0 Å². The Morgan fingerprint density at radius 3 is 2.32 bits per heavy atom. The third-order valence-electron chi connectivity index (χ3n) is 3.51. The lowest BCUT2D eigenvalue weighted by Gasteiger charge is -2.18. The van der Waals surface area contributed by atoms with E-state index in [0.29, 0.717) is 30.3 Å². The molecule has 1 heterocycles. The van der Waals surface area contributed by atoms with E-state index < -0.39 is 23.3 Å². The second kappa shape index (κ2) is 7.00. The molecule has 2 aromatic rings. The zero-order valence-electron chi connectivity index (χ0n) is 13.0. The van der Waals surface area contributed by atoms with Gasteiger partial charge in [0.15, 0.2) is 23.9 Å². The van der Waals surface area contributed by atoms with Gasteiger partial charge < -0.3 is 14.2 Å². The fraction of sp³-hybridized carbons (Fsp3) is 0.176. The maximum atomic E-state index is 12.1. The van der Waals surface area contributed by atoms with Crippen molar-refractivity contribution in [2.24, 2.45) is 0 Å². The van der Waals surface area contributed by atoms with Crippen molar-refractivity contribution in [2.45, 2.75) is 0 Å². The first kappa shape index (κ1) is 16.4. The lowest BCUT2D eigenvalue weighted by atomic mass is 10.1. The summed E-state index contributed by atoms with van der Waals surface area (Å²) in [5.74, 6) is -0.0995. The molecule has 1 aliphatic rings. The highest BCUT2D eigenvalue weighted by Gasteiger charge is 2.17. The number of non-ortho nitro benzene ring substituents is 1. The molecular weight excluding hydrogens is 330 g/mol. The fourth-order valence-corrected chi connectivity index (χ4v) is 2.23. The van der Waals surface area contributed by atoms with Gasteiger partial charge in [-0.05, 0) is 30.3 Å². The van der Waals surface area contributed by atoms with Crippen LogP contribution in [-0.2, 0) is 4.74 Å². The Morgan fingerprint density at radius 1 is 1.00 bits per heavy atom. The monoisotopic (exact) mass is 343 g/mol. The highest BCUT2D eigenvalue weighted by Crippen LogP contribution is 2.30. The molecule has 0 unspecified atom stereocenters. The van der Waals surface area contributed by atoms with Crippen LogP contribution in [0.5, 0.6) is 11.5 Å². The second-order valence-corrected chi connectivity index (χ2v) is 5.16. The minimum atomic E-state index is -0.735. The van der Waals surface area contributed by atoms with E-state index >= 15 is 0 Å². The van der Waals surface area contributed by atoms with E-state index in [-0.39, 0.29) is 11.3 Å². The number of nitro benzene ring substituents is 1. The Morgan fingerprint density at radius 2 is 1.64 bits per heavy atom. The number of hydrogen-bond acceptors (Lipinski definition) is 7. The van der Waals surface area contributed by atoms with Gasteiger partial charge in [0.2, 0.25) is 0 Å². The van der Waals surface area contributed by atoms with Crippen molar-refractivity contribution in [1.82, 2.24) is 0 Å². The molecule has 25 heavy (non-hydrogen) atoms. The summed E-state index contributed by atoms with van der Waals surface area (Å²) in [5, 5.41) is 10.6. The highest BCUT2D eigenvalue weighted by molar-refractivity contribution is 5.99. The van der Waals surface area contributed by atoms with E-state index in [0.717, 1.165) is 0 Å². The summed E-state index contributed by atoms with van der Waals surface area (Å²) in [6, 6.07) is 9.66. The Labute approximate surface area is 142 Å². The van der Waals surface area contributed by atoms with Crippen LogP contribution in [-0.4, -0.2) is 36.5 Å². The maximum Gasteiger partial charge on any atom is 0.338 e. The van der Waals surface area contributed by atoms with Crippen LogP contribution < -0.4 is 9.47 Å². The molecule has 0 saturated carbocycles. The summed E-state index contributed by atoms with van der Waals surface area (Å²) in [6.07, 6.45) is 0. The largest absolute Gasteiger partial charge is 0.486 e. The standard InChI is InChI=1S/C17H13NO7/c19-14(12-3-6-15-16(9-12)24-8-7-23-15)10-25-17(20)11-1-4-13(5-2-11)18(21)22/h1-6,9H,7-8,10H2. The molecule has 1 aliphatic heterocycles. The van der Waals surface area contributed by atoms with Crippen molar-refractivity contribution >= 4 is 17.4 Å². The number of nitrogens with zero attached hydrogens (tertiary/aromatic N) is 1. The Kier molecular flexibility index (Phi) is 4.60. The van der Waals surface area contributed by atoms with Crippen molar-refractivity contribution in [3.8, 4) is 11.5 Å². The minimum absolute atomic E-state index is 0.126. The van der Waals surface area contributed by atoms with Gasteiger partial charge in [-0.15, -0.1) is 0 Å². The van der Waals surface area contributed by atoms with E-state index in [1.54, 1.807) is 12.1 Å². The number of carbonyl (C=O) groups is 2. The van der Waals surface area contributed by atoms with Crippen LogP contribution in [0.2, 0.25) is 0 Å². The number of carbonyl (C=O) groups excluding carboxylic acids is 2. The van der Waals surface area contributed by atoms with Gasteiger partial charge >= 0.3 is 5.97 Å². The molecule has 0 aromatic heterocycles. The van der Waals surface area contributed by atoms with E-state index in [9.17, 15) is 19.7 Å². The van der Waals surface area contributed by atoms with Crippen LogP contribution in [0.3, 0.4) is 0 Å².